The number of fused-ring (bicyclic) bond motifs is 1. The monoisotopic (exact) mass is 503 g/mol. The second-order valence-corrected chi connectivity index (χ2v) is 8.68. The van der Waals surface area contributed by atoms with Crippen molar-refractivity contribution in [2.75, 3.05) is 27.8 Å². The number of methoxy groups -OCH3 is 2. The lowest BCUT2D eigenvalue weighted by Gasteiger charge is -2.17. The van der Waals surface area contributed by atoms with Crippen LogP contribution in [-0.4, -0.2) is 56.0 Å². The zero-order valence-electron chi connectivity index (χ0n) is 19.8. The van der Waals surface area contributed by atoms with E-state index in [9.17, 15) is 14.4 Å². The van der Waals surface area contributed by atoms with E-state index in [4.69, 9.17) is 28.5 Å². The fraction of sp³-hybridized carbons (Fsp3) is 0.292. The number of hydrogen-bond donors (Lipinski definition) is 1. The maximum absolute atomic E-state index is 12.9. The Morgan fingerprint density at radius 3 is 2.31 bits per heavy atom. The predicted octanol–water partition coefficient (Wildman–Crippen LogP) is 4.26. The largest absolute Gasteiger partial charge is 0.492 e. The Morgan fingerprint density at radius 2 is 1.74 bits per heavy atom. The van der Waals surface area contributed by atoms with E-state index in [1.165, 1.54) is 39.1 Å². The first kappa shape index (κ1) is 25.8. The molecule has 0 radical (unpaired) electrons. The fourth-order valence-corrected chi connectivity index (χ4v) is 3.94. The minimum Gasteiger partial charge on any atom is -0.492 e. The molecule has 0 bridgehead atoms. The highest BCUT2D eigenvalue weighted by Gasteiger charge is 2.22. The quantitative estimate of drug-likeness (QED) is 0.453. The van der Waals surface area contributed by atoms with Gasteiger partial charge in [-0.3, -0.25) is 14.5 Å². The molecule has 0 fully saturated rings. The minimum absolute atomic E-state index is 0.146. The molecule has 3 aromatic rings. The topological polar surface area (TPSA) is 125 Å². The van der Waals surface area contributed by atoms with Gasteiger partial charge in [-0.15, -0.1) is 0 Å². The molecule has 2 aromatic carbocycles. The molecule has 1 N–H and O–H groups in total. The van der Waals surface area contributed by atoms with Crippen LogP contribution < -0.4 is 24.4 Å². The third-order valence-corrected chi connectivity index (χ3v) is 5.48. The summed E-state index contributed by atoms with van der Waals surface area (Å²) in [5, 5.41) is 9.33. The first-order valence-electron chi connectivity index (χ1n) is 10.4. The van der Waals surface area contributed by atoms with Gasteiger partial charge in [0.2, 0.25) is 5.75 Å². The van der Waals surface area contributed by atoms with Gasteiger partial charge in [0.1, 0.15) is 23.3 Å². The van der Waals surface area contributed by atoms with Gasteiger partial charge >= 0.3 is 12.1 Å². The second-order valence-electron chi connectivity index (χ2n) is 7.60. The SMILES string of the molecule is COc1c(OC(C)C)cc2oc(Sc3ccc(OC(=O)N(C)CC(=O)O)cc3)cc(=O)c2c1OC. The highest BCUT2D eigenvalue weighted by Crippen LogP contribution is 2.43. The van der Waals surface area contributed by atoms with Gasteiger partial charge in [0, 0.05) is 24.1 Å². The Kier molecular flexibility index (Phi) is 8.13. The van der Waals surface area contributed by atoms with Crippen molar-refractivity contribution in [3.63, 3.8) is 0 Å². The van der Waals surface area contributed by atoms with Gasteiger partial charge in [-0.05, 0) is 38.1 Å². The van der Waals surface area contributed by atoms with Gasteiger partial charge in [-0.25, -0.2) is 4.79 Å². The van der Waals surface area contributed by atoms with Crippen molar-refractivity contribution in [2.45, 2.75) is 29.9 Å². The maximum Gasteiger partial charge on any atom is 0.415 e. The molecular weight excluding hydrogens is 478 g/mol. The number of rotatable bonds is 9. The first-order chi connectivity index (χ1) is 16.6. The molecule has 186 valence electrons. The summed E-state index contributed by atoms with van der Waals surface area (Å²) in [7, 11) is 4.23. The Hall–Kier alpha value is -3.86. The minimum atomic E-state index is -1.15. The highest BCUT2D eigenvalue weighted by molar-refractivity contribution is 7.99. The van der Waals surface area contributed by atoms with Crippen molar-refractivity contribution in [1.82, 2.24) is 4.90 Å². The Morgan fingerprint density at radius 1 is 1.09 bits per heavy atom. The summed E-state index contributed by atoms with van der Waals surface area (Å²) in [5.41, 5.74) is -0.0349. The summed E-state index contributed by atoms with van der Waals surface area (Å²) >= 11 is 1.19. The molecule has 0 atom stereocenters. The van der Waals surface area contributed by atoms with E-state index >= 15 is 0 Å². The van der Waals surface area contributed by atoms with Crippen LogP contribution in [0.2, 0.25) is 0 Å². The number of nitrogens with zero attached hydrogens (tertiary/aromatic N) is 1. The molecule has 0 saturated heterocycles. The van der Waals surface area contributed by atoms with E-state index in [1.807, 2.05) is 13.8 Å². The molecule has 1 heterocycles. The standard InChI is InChI=1S/C24H25NO9S/c1-13(2)32-18-11-17-21(23(31-5)22(18)30-4)16(26)10-20(34-17)35-15-8-6-14(7-9-15)33-24(29)25(3)12-19(27)28/h6-11,13H,12H2,1-5H3,(H,27,28). The molecule has 1 aromatic heterocycles. The van der Waals surface area contributed by atoms with Crippen LogP contribution in [0.4, 0.5) is 4.79 Å². The zero-order chi connectivity index (χ0) is 25.7. The summed E-state index contributed by atoms with van der Waals surface area (Å²) < 4.78 is 27.8. The fourth-order valence-electron chi connectivity index (χ4n) is 3.14. The van der Waals surface area contributed by atoms with Crippen molar-refractivity contribution in [1.29, 1.82) is 0 Å². The van der Waals surface area contributed by atoms with E-state index in [0.29, 0.717) is 21.5 Å². The number of carbonyl (C=O) groups excluding carboxylic acids is 1. The van der Waals surface area contributed by atoms with Crippen LogP contribution in [-0.2, 0) is 4.79 Å². The Balaban J connectivity index is 1.87. The van der Waals surface area contributed by atoms with Gasteiger partial charge < -0.3 is 28.5 Å². The number of hydrogen-bond acceptors (Lipinski definition) is 9. The molecule has 0 aliphatic heterocycles. The van der Waals surface area contributed by atoms with Crippen molar-refractivity contribution >= 4 is 34.8 Å². The van der Waals surface area contributed by atoms with E-state index < -0.39 is 18.6 Å². The summed E-state index contributed by atoms with van der Waals surface area (Å²) in [5.74, 6) is 0.0117. The third kappa shape index (κ3) is 6.18. The van der Waals surface area contributed by atoms with Crippen molar-refractivity contribution < 1.29 is 38.1 Å². The third-order valence-electron chi connectivity index (χ3n) is 4.57. The van der Waals surface area contributed by atoms with Crippen molar-refractivity contribution in [3.05, 3.63) is 46.6 Å². The van der Waals surface area contributed by atoms with Gasteiger partial charge in [0.15, 0.2) is 22.0 Å². The van der Waals surface area contributed by atoms with Crippen LogP contribution >= 0.6 is 11.8 Å². The van der Waals surface area contributed by atoms with Crippen molar-refractivity contribution in [3.8, 4) is 23.0 Å². The molecule has 0 spiro atoms. The molecule has 1 amide bonds. The molecule has 0 aliphatic rings. The number of amides is 1. The van der Waals surface area contributed by atoms with E-state index in [2.05, 4.69) is 0 Å². The van der Waals surface area contributed by atoms with Crippen LogP contribution in [0.5, 0.6) is 23.0 Å². The maximum atomic E-state index is 12.9. The second kappa shape index (κ2) is 11.0. The number of carbonyl (C=O) groups is 2. The molecule has 11 heteroatoms. The average Bonchev–Trinajstić information content (AvgIpc) is 2.78. The number of likely N-dealkylation sites (N-methyl/N-ethyl adjacent to an activating group) is 1. The van der Waals surface area contributed by atoms with E-state index in [1.54, 1.807) is 30.3 Å². The van der Waals surface area contributed by atoms with Gasteiger partial charge in [-0.2, -0.15) is 0 Å². The lowest BCUT2D eigenvalue weighted by molar-refractivity contribution is -0.137. The normalized spacial score (nSPS) is 10.8. The van der Waals surface area contributed by atoms with Gasteiger partial charge in [0.05, 0.1) is 20.3 Å². The zero-order valence-corrected chi connectivity index (χ0v) is 20.6. The molecular formula is C24H25NO9S. The number of benzene rings is 2. The van der Waals surface area contributed by atoms with Crippen LogP contribution in [0.25, 0.3) is 11.0 Å². The van der Waals surface area contributed by atoms with Crippen LogP contribution in [0.3, 0.4) is 0 Å². The summed E-state index contributed by atoms with van der Waals surface area (Å²) in [6.45, 7) is 3.25. The lowest BCUT2D eigenvalue weighted by Crippen LogP contribution is -2.34. The molecule has 0 aliphatic carbocycles. The summed E-state index contributed by atoms with van der Waals surface area (Å²) in [6, 6.07) is 9.41. The van der Waals surface area contributed by atoms with Crippen LogP contribution in [0.1, 0.15) is 13.8 Å². The van der Waals surface area contributed by atoms with E-state index in [-0.39, 0.29) is 34.0 Å². The van der Waals surface area contributed by atoms with Crippen molar-refractivity contribution in [2.24, 2.45) is 0 Å². The molecule has 0 unspecified atom stereocenters. The highest BCUT2D eigenvalue weighted by atomic mass is 32.2. The predicted molar refractivity (Wildman–Crippen MR) is 128 cm³/mol. The van der Waals surface area contributed by atoms with Gasteiger partial charge in [0.25, 0.3) is 0 Å². The summed E-state index contributed by atoms with van der Waals surface area (Å²) in [6.07, 6.45) is -0.941. The summed E-state index contributed by atoms with van der Waals surface area (Å²) in [4.78, 5) is 37.2. The Labute approximate surface area is 205 Å². The van der Waals surface area contributed by atoms with Gasteiger partial charge in [-0.1, -0.05) is 11.8 Å². The number of aliphatic carboxylic acids is 1. The number of ether oxygens (including phenoxy) is 4. The molecule has 3 rings (SSSR count). The molecule has 0 saturated carbocycles. The smallest absolute Gasteiger partial charge is 0.415 e. The van der Waals surface area contributed by atoms with E-state index in [0.717, 1.165) is 4.90 Å². The number of carboxylic acid groups (broad SMARTS) is 1. The lowest BCUT2D eigenvalue weighted by atomic mass is 10.1. The van der Waals surface area contributed by atoms with Crippen LogP contribution in [0, 0.1) is 0 Å². The first-order valence-corrected chi connectivity index (χ1v) is 11.3. The average molecular weight is 504 g/mol. The molecule has 35 heavy (non-hydrogen) atoms. The van der Waals surface area contributed by atoms with Crippen LogP contribution in [0.15, 0.2) is 55.6 Å². The molecule has 10 nitrogen and oxygen atoms in total. The number of carboxylic acids is 1. The Bertz CT molecular complexity index is 1280.